The monoisotopic (exact) mass is 928 g/mol. The van der Waals surface area contributed by atoms with Gasteiger partial charge >= 0.3 is 353 Å². The van der Waals surface area contributed by atoms with Gasteiger partial charge in [-0.3, -0.25) is 0 Å². The minimum absolute atomic E-state index is 0. The molecule has 0 N–H and O–H groups in total. The molecule has 2 aliphatic rings. The van der Waals surface area contributed by atoms with Crippen molar-refractivity contribution in [1.82, 2.24) is 0 Å². The number of fused-ring (bicyclic) bond motifs is 2. The zero-order chi connectivity index (χ0) is 41.7. The van der Waals surface area contributed by atoms with Crippen LogP contribution in [0.25, 0.3) is 33.9 Å². The first kappa shape index (κ1) is 49.7. The maximum Gasteiger partial charge on any atom is -0.147 e. The Balaban J connectivity index is 0.00000384. The fourth-order valence-corrected chi connectivity index (χ4v) is 30.9. The standard InChI is InChI=1S/C30H41O.C22H25.2CH3.2ClH.H2Si.Zr/c1-22-21-24-13-12-15-27(23-16-18-25(19-17-23)29(2,3)4)28(24)26(22)14-10-8-9-11-20-31-30(5,6)7;1-15(2)18-13-17-7-6-8-20(21(17)14-18)16-9-11-19(12-10-16)22(3,4)5;;;;;;/h12-13,15-19,21H,8-11,14,20H2,1-7H3;6-15H,1-5H3;2*1H3;2*1H;1H2;. The van der Waals surface area contributed by atoms with Gasteiger partial charge in [0.1, 0.15) is 0 Å². The van der Waals surface area contributed by atoms with Crippen LogP contribution < -0.4 is 0 Å². The molecule has 6 rings (SSSR count). The second kappa shape index (κ2) is 18.4. The summed E-state index contributed by atoms with van der Waals surface area (Å²) in [6.45, 7) is 31.1. The summed E-state index contributed by atoms with van der Waals surface area (Å²) < 4.78 is 12.7. The van der Waals surface area contributed by atoms with Crippen LogP contribution in [0.15, 0.2) is 96.1 Å². The first-order valence-electron chi connectivity index (χ1n) is 22.1. The Bertz CT molecular complexity index is 2230. The van der Waals surface area contributed by atoms with Gasteiger partial charge in [0, 0.05) is 0 Å². The molecule has 0 bridgehead atoms. The minimum atomic E-state index is -3.86. The van der Waals surface area contributed by atoms with E-state index in [4.69, 9.17) is 4.74 Å². The summed E-state index contributed by atoms with van der Waals surface area (Å²) in [4.78, 5) is 0. The van der Waals surface area contributed by atoms with Gasteiger partial charge in [-0.05, 0) is 0 Å². The summed E-state index contributed by atoms with van der Waals surface area (Å²) in [5.41, 5.74) is 19.6. The fraction of sp³-hybridized carbons (Fsp3) is 0.481. The molecular formula is C54H76Cl2OSiZr. The van der Waals surface area contributed by atoms with Crippen LogP contribution in [-0.2, 0) is 33.0 Å². The molecule has 4 aromatic rings. The maximum absolute atomic E-state index is 6.07. The zero-order valence-electron chi connectivity index (χ0n) is 39.1. The summed E-state index contributed by atoms with van der Waals surface area (Å²) in [5, 5.41) is 0. The molecule has 0 fully saturated rings. The number of halogens is 2. The topological polar surface area (TPSA) is 9.23 Å². The Morgan fingerprint density at radius 2 is 1.12 bits per heavy atom. The molecule has 2 unspecified atom stereocenters. The molecule has 2 atom stereocenters. The Morgan fingerprint density at radius 3 is 1.63 bits per heavy atom. The number of benzene rings is 4. The van der Waals surface area contributed by atoms with E-state index >= 15 is 0 Å². The molecule has 1 nitrogen and oxygen atoms in total. The molecule has 0 heterocycles. The van der Waals surface area contributed by atoms with Crippen LogP contribution in [0.5, 0.6) is 0 Å². The third-order valence-electron chi connectivity index (χ3n) is 13.3. The van der Waals surface area contributed by atoms with Gasteiger partial charge in [-0.1, -0.05) is 0 Å². The maximum atomic E-state index is 6.07. The number of hydrogen-bond donors (Lipinski definition) is 0. The van der Waals surface area contributed by atoms with Gasteiger partial charge in [-0.15, -0.1) is 24.8 Å². The Hall–Kier alpha value is -2.00. The molecule has 0 aromatic heterocycles. The van der Waals surface area contributed by atoms with Crippen molar-refractivity contribution in [3.63, 3.8) is 0 Å². The van der Waals surface area contributed by atoms with Gasteiger partial charge < -0.3 is 0 Å². The molecule has 2 aliphatic carbocycles. The molecular weight excluding hydrogens is 855 g/mol. The van der Waals surface area contributed by atoms with Crippen molar-refractivity contribution < 1.29 is 22.1 Å². The molecule has 0 aliphatic heterocycles. The van der Waals surface area contributed by atoms with E-state index < -0.39 is 17.4 Å². The predicted octanol–water partition coefficient (Wildman–Crippen LogP) is 16.2. The summed E-state index contributed by atoms with van der Waals surface area (Å²) in [6, 6.07) is 33.5. The number of rotatable bonds is 12. The molecule has 59 heavy (non-hydrogen) atoms. The first-order chi connectivity index (χ1) is 26.5. The molecule has 320 valence electrons. The van der Waals surface area contributed by atoms with Crippen LogP contribution in [-0.4, -0.2) is 19.1 Å². The zero-order valence-corrected chi connectivity index (χ0v) is 44.6. The summed E-state index contributed by atoms with van der Waals surface area (Å²) in [6.07, 6.45) is 8.59. The molecule has 0 spiro atoms. The van der Waals surface area contributed by atoms with Crippen LogP contribution >= 0.6 is 24.8 Å². The van der Waals surface area contributed by atoms with E-state index in [1.165, 1.54) is 58.2 Å². The Morgan fingerprint density at radius 1 is 0.627 bits per heavy atom. The first-order valence-corrected chi connectivity index (χ1v) is 35.8. The SMILES string of the molecule is CC1=C(CCCCCCOC(C)(C)C)c2c(-c3ccc(C(C)(C)C)cc3)cccc2[CH]1[Zr]([CH3])([CH3])(=[SiH2])[CH]1C(C(C)C)=Cc2c(-c3ccc(C(C)(C)C)cc3)cccc21.Cl.Cl. The van der Waals surface area contributed by atoms with Gasteiger partial charge in [0.2, 0.25) is 0 Å². The van der Waals surface area contributed by atoms with Crippen molar-refractivity contribution in [3.05, 3.63) is 129 Å². The van der Waals surface area contributed by atoms with Crippen molar-refractivity contribution in [2.75, 3.05) is 6.61 Å². The van der Waals surface area contributed by atoms with Crippen molar-refractivity contribution in [1.29, 1.82) is 0 Å². The van der Waals surface area contributed by atoms with Gasteiger partial charge in [0.15, 0.2) is 0 Å². The number of allylic oxidation sites excluding steroid dienone is 3. The van der Waals surface area contributed by atoms with Crippen molar-refractivity contribution in [3.8, 4) is 22.3 Å². The quantitative estimate of drug-likeness (QED) is 0.102. The Kier molecular flexibility index (Phi) is 15.5. The third-order valence-corrected chi connectivity index (χ3v) is 30.8. The Labute approximate surface area is 375 Å². The summed E-state index contributed by atoms with van der Waals surface area (Å²) in [5.74, 6) is 0.482. The number of hydrogen-bond acceptors (Lipinski definition) is 1. The van der Waals surface area contributed by atoms with Gasteiger partial charge in [-0.2, -0.15) is 0 Å². The smallest absolute Gasteiger partial charge is 0.147 e. The van der Waals surface area contributed by atoms with Crippen LogP contribution in [0.3, 0.4) is 0 Å². The van der Waals surface area contributed by atoms with Crippen LogP contribution in [0, 0.1) is 5.92 Å². The molecule has 0 radical (unpaired) electrons. The van der Waals surface area contributed by atoms with Crippen LogP contribution in [0.2, 0.25) is 9.26 Å². The fourth-order valence-electron chi connectivity index (χ4n) is 10.4. The average molecular weight is 931 g/mol. The van der Waals surface area contributed by atoms with Gasteiger partial charge in [-0.25, -0.2) is 0 Å². The van der Waals surface area contributed by atoms with E-state index in [-0.39, 0.29) is 41.2 Å². The van der Waals surface area contributed by atoms with Gasteiger partial charge in [0.25, 0.3) is 0 Å². The molecule has 0 saturated heterocycles. The van der Waals surface area contributed by atoms with E-state index in [0.717, 1.165) is 19.4 Å². The molecule has 0 amide bonds. The molecule has 4 aromatic carbocycles. The molecule has 0 saturated carbocycles. The number of ether oxygens (including phenoxy) is 1. The predicted molar refractivity (Wildman–Crippen MR) is 266 cm³/mol. The minimum Gasteiger partial charge on any atom is -0.147 e. The van der Waals surface area contributed by atoms with E-state index in [1.807, 2.05) is 0 Å². The normalized spacial score (nSPS) is 17.1. The molecule has 5 heteroatoms. The summed E-state index contributed by atoms with van der Waals surface area (Å²) in [7, 11) is 0. The number of unbranched alkanes of at least 4 members (excludes halogenated alkanes) is 3. The van der Waals surface area contributed by atoms with Crippen LogP contribution in [0.1, 0.15) is 156 Å². The largest absolute Gasteiger partial charge is 0.147 e. The van der Waals surface area contributed by atoms with Crippen molar-refractivity contribution in [2.45, 2.75) is 148 Å². The second-order valence-corrected chi connectivity index (χ2v) is 52.6. The summed E-state index contributed by atoms with van der Waals surface area (Å²) >= 11 is -3.86. The van der Waals surface area contributed by atoms with E-state index in [1.54, 1.807) is 33.4 Å². The van der Waals surface area contributed by atoms with Gasteiger partial charge in [0.05, 0.1) is 0 Å². The van der Waals surface area contributed by atoms with E-state index in [2.05, 4.69) is 190 Å². The van der Waals surface area contributed by atoms with Crippen molar-refractivity contribution in [2.24, 2.45) is 5.92 Å². The van der Waals surface area contributed by atoms with Crippen LogP contribution in [0.4, 0.5) is 0 Å². The third kappa shape index (κ3) is 10.5. The average Bonchev–Trinajstić information content (AvgIpc) is 3.67. The van der Waals surface area contributed by atoms with E-state index in [0.29, 0.717) is 13.2 Å². The van der Waals surface area contributed by atoms with E-state index in [9.17, 15) is 0 Å². The van der Waals surface area contributed by atoms with Crippen molar-refractivity contribution >= 4 is 43.3 Å². The second-order valence-electron chi connectivity index (χ2n) is 22.1.